The van der Waals surface area contributed by atoms with Crippen LogP contribution in [0, 0.1) is 17.6 Å². The summed E-state index contributed by atoms with van der Waals surface area (Å²) in [6, 6.07) is 3.71. The highest BCUT2D eigenvalue weighted by Gasteiger charge is 2.25. The number of nitrogens with two attached hydrogens (primary N) is 1. The lowest BCUT2D eigenvalue weighted by molar-refractivity contribution is 0.259. The Labute approximate surface area is 88.3 Å². The summed E-state index contributed by atoms with van der Waals surface area (Å²) in [6.45, 7) is 0. The van der Waals surface area contributed by atoms with Crippen molar-refractivity contribution in [2.45, 2.75) is 31.7 Å². The summed E-state index contributed by atoms with van der Waals surface area (Å²) >= 11 is 0. The number of hydrogen-bond donors (Lipinski definition) is 1. The van der Waals surface area contributed by atoms with Gasteiger partial charge >= 0.3 is 0 Å². The van der Waals surface area contributed by atoms with Gasteiger partial charge in [0, 0.05) is 12.1 Å². The van der Waals surface area contributed by atoms with E-state index in [1.54, 1.807) is 0 Å². The van der Waals surface area contributed by atoms with E-state index in [1.165, 1.54) is 18.6 Å². The number of benzene rings is 1. The average molecular weight is 211 g/mol. The molecule has 0 aromatic heterocycles. The Morgan fingerprint density at radius 3 is 2.60 bits per heavy atom. The summed E-state index contributed by atoms with van der Waals surface area (Å²) in [5, 5.41) is 0. The predicted molar refractivity (Wildman–Crippen MR) is 55.4 cm³/mol. The van der Waals surface area contributed by atoms with Gasteiger partial charge in [0.25, 0.3) is 0 Å². The fourth-order valence-electron chi connectivity index (χ4n) is 1.98. The molecule has 1 aromatic carbocycles. The second-order valence-corrected chi connectivity index (χ2v) is 4.29. The molecule has 82 valence electrons. The van der Waals surface area contributed by atoms with E-state index in [4.69, 9.17) is 5.73 Å². The Kier molecular flexibility index (Phi) is 3.00. The summed E-state index contributed by atoms with van der Waals surface area (Å²) in [5.74, 6) is -0.493. The second kappa shape index (κ2) is 4.27. The molecule has 1 fully saturated rings. The van der Waals surface area contributed by atoms with E-state index in [0.717, 1.165) is 18.9 Å². The Balaban J connectivity index is 2.03. The maximum atomic E-state index is 13.3. The molecule has 3 heteroatoms. The highest BCUT2D eigenvalue weighted by Crippen LogP contribution is 2.30. The largest absolute Gasteiger partial charge is 0.327 e. The molecule has 0 bridgehead atoms. The summed E-state index contributed by atoms with van der Waals surface area (Å²) < 4.78 is 26.0. The van der Waals surface area contributed by atoms with Crippen molar-refractivity contribution in [1.82, 2.24) is 0 Å². The molecule has 0 spiro atoms. The molecule has 1 saturated carbocycles. The van der Waals surface area contributed by atoms with Gasteiger partial charge in [-0.25, -0.2) is 8.78 Å². The van der Waals surface area contributed by atoms with E-state index in [2.05, 4.69) is 0 Å². The van der Waals surface area contributed by atoms with Crippen LogP contribution in [0.15, 0.2) is 18.2 Å². The van der Waals surface area contributed by atoms with Crippen molar-refractivity contribution in [3.05, 3.63) is 35.4 Å². The zero-order chi connectivity index (χ0) is 10.8. The Morgan fingerprint density at radius 2 is 2.07 bits per heavy atom. The lowest BCUT2D eigenvalue weighted by Gasteiger charge is -2.31. The summed E-state index contributed by atoms with van der Waals surface area (Å²) in [6.07, 6.45) is 4.02. The minimum Gasteiger partial charge on any atom is -0.327 e. The third-order valence-corrected chi connectivity index (χ3v) is 3.23. The zero-order valence-corrected chi connectivity index (χ0v) is 8.55. The molecular formula is C12H15F2N. The first kappa shape index (κ1) is 10.6. The smallest absolute Gasteiger partial charge is 0.129 e. The monoisotopic (exact) mass is 211 g/mol. The predicted octanol–water partition coefficient (Wildman–Crippen LogP) is 2.63. The van der Waals surface area contributed by atoms with Gasteiger partial charge in [-0.15, -0.1) is 0 Å². The highest BCUT2D eigenvalue weighted by molar-refractivity contribution is 5.19. The van der Waals surface area contributed by atoms with Crippen molar-refractivity contribution in [2.75, 3.05) is 0 Å². The van der Waals surface area contributed by atoms with E-state index in [-0.39, 0.29) is 6.04 Å². The molecule has 1 nitrogen and oxygen atoms in total. The third-order valence-electron chi connectivity index (χ3n) is 3.23. The average Bonchev–Trinajstić information content (AvgIpc) is 2.07. The van der Waals surface area contributed by atoms with Crippen molar-refractivity contribution in [2.24, 2.45) is 11.7 Å². The number of halogens is 2. The first-order valence-corrected chi connectivity index (χ1v) is 5.36. The normalized spacial score (nSPS) is 18.6. The molecule has 1 aliphatic rings. The van der Waals surface area contributed by atoms with Crippen LogP contribution in [0.1, 0.15) is 24.8 Å². The number of rotatable bonds is 3. The van der Waals surface area contributed by atoms with Crippen LogP contribution in [0.5, 0.6) is 0 Å². The van der Waals surface area contributed by atoms with Crippen molar-refractivity contribution in [1.29, 1.82) is 0 Å². The molecule has 0 aliphatic heterocycles. The summed E-state index contributed by atoms with van der Waals surface area (Å²) in [7, 11) is 0. The zero-order valence-electron chi connectivity index (χ0n) is 8.55. The fraction of sp³-hybridized carbons (Fsp3) is 0.500. The Bertz CT molecular complexity index is 347. The molecule has 1 aromatic rings. The Morgan fingerprint density at radius 1 is 1.33 bits per heavy atom. The molecular weight excluding hydrogens is 196 g/mol. The van der Waals surface area contributed by atoms with Gasteiger partial charge in [0.1, 0.15) is 11.6 Å². The first-order valence-electron chi connectivity index (χ1n) is 5.36. The molecule has 15 heavy (non-hydrogen) atoms. The molecule has 1 aliphatic carbocycles. The molecule has 1 unspecified atom stereocenters. The van der Waals surface area contributed by atoms with E-state index in [0.29, 0.717) is 17.9 Å². The van der Waals surface area contributed by atoms with Crippen molar-refractivity contribution < 1.29 is 8.78 Å². The van der Waals surface area contributed by atoms with Crippen LogP contribution < -0.4 is 5.73 Å². The minimum atomic E-state index is -0.534. The maximum Gasteiger partial charge on any atom is 0.129 e. The van der Waals surface area contributed by atoms with Crippen LogP contribution in [0.3, 0.4) is 0 Å². The van der Waals surface area contributed by atoms with Gasteiger partial charge in [0.15, 0.2) is 0 Å². The molecule has 2 rings (SSSR count). The van der Waals surface area contributed by atoms with Crippen LogP contribution in [0.2, 0.25) is 0 Å². The quantitative estimate of drug-likeness (QED) is 0.817. The fourth-order valence-corrected chi connectivity index (χ4v) is 1.98. The van der Waals surface area contributed by atoms with Crippen LogP contribution in [0.25, 0.3) is 0 Å². The molecule has 2 N–H and O–H groups in total. The van der Waals surface area contributed by atoms with Crippen molar-refractivity contribution >= 4 is 0 Å². The molecule has 0 heterocycles. The highest BCUT2D eigenvalue weighted by atomic mass is 19.1. The lowest BCUT2D eigenvalue weighted by Crippen LogP contribution is -2.36. The van der Waals surface area contributed by atoms with Crippen LogP contribution in [0.4, 0.5) is 8.78 Å². The van der Waals surface area contributed by atoms with Gasteiger partial charge in [0.05, 0.1) is 0 Å². The first-order chi connectivity index (χ1) is 7.16. The molecule has 0 amide bonds. The topological polar surface area (TPSA) is 26.0 Å². The van der Waals surface area contributed by atoms with Crippen LogP contribution in [-0.2, 0) is 6.42 Å². The van der Waals surface area contributed by atoms with Gasteiger partial charge < -0.3 is 5.73 Å². The van der Waals surface area contributed by atoms with E-state index < -0.39 is 11.6 Å². The summed E-state index contributed by atoms with van der Waals surface area (Å²) in [4.78, 5) is 0. The molecule has 1 atom stereocenters. The van der Waals surface area contributed by atoms with Crippen LogP contribution >= 0.6 is 0 Å². The van der Waals surface area contributed by atoms with Gasteiger partial charge in [0.2, 0.25) is 0 Å². The van der Waals surface area contributed by atoms with Gasteiger partial charge in [-0.3, -0.25) is 0 Å². The van der Waals surface area contributed by atoms with Crippen molar-refractivity contribution in [3.63, 3.8) is 0 Å². The SMILES string of the molecule is NC(Cc1ccc(F)cc1F)C1CCC1. The standard InChI is InChI=1S/C12H15F2N/c13-10-5-4-9(11(14)7-10)6-12(15)8-2-1-3-8/h4-5,7-8,12H,1-3,6,15H2. The number of hydrogen-bond acceptors (Lipinski definition) is 1. The maximum absolute atomic E-state index is 13.3. The lowest BCUT2D eigenvalue weighted by atomic mass is 9.78. The van der Waals surface area contributed by atoms with E-state index in [9.17, 15) is 8.78 Å². The van der Waals surface area contributed by atoms with Gasteiger partial charge in [-0.1, -0.05) is 12.5 Å². The van der Waals surface area contributed by atoms with Crippen molar-refractivity contribution in [3.8, 4) is 0 Å². The molecule has 0 radical (unpaired) electrons. The van der Waals surface area contributed by atoms with Gasteiger partial charge in [-0.05, 0) is 36.8 Å². The second-order valence-electron chi connectivity index (χ2n) is 4.29. The van der Waals surface area contributed by atoms with Crippen LogP contribution in [-0.4, -0.2) is 6.04 Å². The third kappa shape index (κ3) is 2.34. The van der Waals surface area contributed by atoms with E-state index in [1.807, 2.05) is 0 Å². The van der Waals surface area contributed by atoms with E-state index >= 15 is 0 Å². The Hall–Kier alpha value is -0.960. The van der Waals surface area contributed by atoms with Gasteiger partial charge in [-0.2, -0.15) is 0 Å². The summed E-state index contributed by atoms with van der Waals surface area (Å²) in [5.41, 5.74) is 6.48. The molecule has 0 saturated heterocycles. The minimum absolute atomic E-state index is 0.0127.